The second-order valence-electron chi connectivity index (χ2n) is 6.56. The average Bonchev–Trinajstić information content (AvgIpc) is 2.83. The smallest absolute Gasteiger partial charge is 0.285 e. The molecule has 0 aromatic heterocycles. The Kier molecular flexibility index (Phi) is 4.58. The zero-order valence-corrected chi connectivity index (χ0v) is 16.0. The second-order valence-corrected chi connectivity index (χ2v) is 8.14. The Labute approximate surface area is 153 Å². The Balaban J connectivity index is 1.79. The van der Waals surface area contributed by atoms with Crippen molar-refractivity contribution >= 4 is 27.5 Å². The Hall–Kier alpha value is -2.67. The number of amides is 1. The quantitative estimate of drug-likeness (QED) is 0.900. The summed E-state index contributed by atoms with van der Waals surface area (Å²) in [4.78, 5) is 14.2. The van der Waals surface area contributed by atoms with Gasteiger partial charge in [0.2, 0.25) is 5.91 Å². The molecule has 0 fully saturated rings. The number of sulfonamides is 1. The fourth-order valence-electron chi connectivity index (χ4n) is 3.21. The highest BCUT2D eigenvalue weighted by atomic mass is 32.2. The van der Waals surface area contributed by atoms with Crippen molar-refractivity contribution in [2.24, 2.45) is 4.40 Å². The van der Waals surface area contributed by atoms with Gasteiger partial charge >= 0.3 is 0 Å². The van der Waals surface area contributed by atoms with E-state index in [1.165, 1.54) is 6.07 Å². The van der Waals surface area contributed by atoms with Gasteiger partial charge in [-0.1, -0.05) is 29.8 Å². The van der Waals surface area contributed by atoms with Gasteiger partial charge in [-0.05, 0) is 44.0 Å². The van der Waals surface area contributed by atoms with Gasteiger partial charge in [0.25, 0.3) is 10.0 Å². The SMILES string of the molecule is Cc1cc(C)c(NC(=O)CN(C)C2=NS(=O)(=O)c3ccccc32)c(C)c1. The molecule has 6 nitrogen and oxygen atoms in total. The number of likely N-dealkylation sites (N-methyl/N-ethyl adjacent to an activating group) is 1. The number of nitrogens with zero attached hydrogens (tertiary/aromatic N) is 2. The first-order valence-electron chi connectivity index (χ1n) is 8.22. The summed E-state index contributed by atoms with van der Waals surface area (Å²) >= 11 is 0. The predicted octanol–water partition coefficient (Wildman–Crippen LogP) is 2.63. The Morgan fingerprint density at radius 1 is 1.12 bits per heavy atom. The third-order valence-electron chi connectivity index (χ3n) is 4.30. The molecule has 2 aromatic carbocycles. The van der Waals surface area contributed by atoms with Crippen molar-refractivity contribution in [1.29, 1.82) is 0 Å². The number of hydrogen-bond donors (Lipinski definition) is 1. The molecule has 0 aliphatic carbocycles. The average molecular weight is 371 g/mol. The van der Waals surface area contributed by atoms with Gasteiger partial charge in [-0.25, -0.2) is 0 Å². The van der Waals surface area contributed by atoms with E-state index in [2.05, 4.69) is 9.71 Å². The number of anilines is 1. The lowest BCUT2D eigenvalue weighted by atomic mass is 10.1. The zero-order valence-electron chi connectivity index (χ0n) is 15.2. The first-order chi connectivity index (χ1) is 12.2. The topological polar surface area (TPSA) is 78.8 Å². The minimum absolute atomic E-state index is 0.00452. The van der Waals surface area contributed by atoms with Crippen molar-refractivity contribution in [1.82, 2.24) is 4.90 Å². The van der Waals surface area contributed by atoms with Crippen LogP contribution < -0.4 is 5.32 Å². The molecule has 2 aromatic rings. The van der Waals surface area contributed by atoms with Gasteiger partial charge < -0.3 is 10.2 Å². The van der Waals surface area contributed by atoms with Crippen molar-refractivity contribution in [3.8, 4) is 0 Å². The van der Waals surface area contributed by atoms with Crippen molar-refractivity contribution in [3.05, 3.63) is 58.7 Å². The maximum absolute atomic E-state index is 12.5. The van der Waals surface area contributed by atoms with Gasteiger partial charge in [0.05, 0.1) is 6.54 Å². The third kappa shape index (κ3) is 3.35. The number of amidine groups is 1. The second kappa shape index (κ2) is 6.57. The Morgan fingerprint density at radius 2 is 1.73 bits per heavy atom. The van der Waals surface area contributed by atoms with Crippen molar-refractivity contribution < 1.29 is 13.2 Å². The lowest BCUT2D eigenvalue weighted by Gasteiger charge is -2.19. The Bertz CT molecular complexity index is 1000. The molecule has 0 radical (unpaired) electrons. The molecule has 1 amide bonds. The summed E-state index contributed by atoms with van der Waals surface area (Å²) in [5.41, 5.74) is 4.42. The standard InChI is InChI=1S/C19H21N3O3S/c1-12-9-13(2)18(14(3)10-12)20-17(23)11-22(4)19-15-7-5-6-8-16(15)26(24,25)21-19/h5-10H,11H2,1-4H3,(H,20,23). The minimum atomic E-state index is -3.70. The van der Waals surface area contributed by atoms with Crippen LogP contribution >= 0.6 is 0 Å². The molecule has 0 bridgehead atoms. The van der Waals surface area contributed by atoms with Crippen LogP contribution in [-0.4, -0.2) is 38.7 Å². The van der Waals surface area contributed by atoms with Crippen molar-refractivity contribution in [2.75, 3.05) is 18.9 Å². The van der Waals surface area contributed by atoms with Gasteiger partial charge in [0, 0.05) is 18.3 Å². The summed E-state index contributed by atoms with van der Waals surface area (Å²) in [5.74, 6) is 0.0557. The van der Waals surface area contributed by atoms with E-state index >= 15 is 0 Å². The van der Waals surface area contributed by atoms with Crippen LogP contribution in [0.2, 0.25) is 0 Å². The monoisotopic (exact) mass is 371 g/mol. The molecule has 1 heterocycles. The van der Waals surface area contributed by atoms with Gasteiger partial charge in [-0.15, -0.1) is 4.40 Å². The van der Waals surface area contributed by atoms with Crippen LogP contribution in [0.15, 0.2) is 45.7 Å². The lowest BCUT2D eigenvalue weighted by molar-refractivity contribution is -0.116. The predicted molar refractivity (Wildman–Crippen MR) is 102 cm³/mol. The van der Waals surface area contributed by atoms with E-state index in [4.69, 9.17) is 0 Å². The molecular formula is C19H21N3O3S. The third-order valence-corrected chi connectivity index (χ3v) is 5.62. The van der Waals surface area contributed by atoms with Crippen LogP contribution in [0.5, 0.6) is 0 Å². The summed E-state index contributed by atoms with van der Waals surface area (Å²) in [7, 11) is -2.04. The molecule has 3 rings (SSSR count). The van der Waals surface area contributed by atoms with Gasteiger partial charge in [0.15, 0.2) is 5.84 Å². The fourth-order valence-corrected chi connectivity index (χ4v) is 4.46. The molecule has 1 aliphatic heterocycles. The van der Waals surface area contributed by atoms with Gasteiger partial charge in [-0.2, -0.15) is 8.42 Å². The fraction of sp³-hybridized carbons (Fsp3) is 0.263. The van der Waals surface area contributed by atoms with E-state index in [0.29, 0.717) is 5.56 Å². The summed E-state index contributed by atoms with van der Waals surface area (Å²) < 4.78 is 28.1. The summed E-state index contributed by atoms with van der Waals surface area (Å²) in [6.07, 6.45) is 0. The van der Waals surface area contributed by atoms with Crippen LogP contribution in [0.4, 0.5) is 5.69 Å². The highest BCUT2D eigenvalue weighted by Crippen LogP contribution is 2.27. The number of carbonyl (C=O) groups excluding carboxylic acids is 1. The number of aryl methyl sites for hydroxylation is 3. The van der Waals surface area contributed by atoms with Crippen LogP contribution in [0.1, 0.15) is 22.3 Å². The molecule has 0 unspecified atom stereocenters. The molecule has 0 spiro atoms. The summed E-state index contributed by atoms with van der Waals surface area (Å²) in [6.45, 7) is 5.90. The number of rotatable bonds is 3. The molecule has 1 aliphatic rings. The molecule has 26 heavy (non-hydrogen) atoms. The molecular weight excluding hydrogens is 350 g/mol. The summed E-state index contributed by atoms with van der Waals surface area (Å²) in [5, 5.41) is 2.92. The summed E-state index contributed by atoms with van der Waals surface area (Å²) in [6, 6.07) is 10.6. The largest absolute Gasteiger partial charge is 0.349 e. The van der Waals surface area contributed by atoms with E-state index in [1.54, 1.807) is 30.1 Å². The van der Waals surface area contributed by atoms with Crippen LogP contribution in [0, 0.1) is 20.8 Å². The maximum atomic E-state index is 12.5. The number of carbonyl (C=O) groups is 1. The van der Waals surface area contributed by atoms with E-state index in [1.807, 2.05) is 32.9 Å². The van der Waals surface area contributed by atoms with Crippen LogP contribution in [-0.2, 0) is 14.8 Å². The molecule has 0 saturated heterocycles. The highest BCUT2D eigenvalue weighted by Gasteiger charge is 2.30. The number of benzene rings is 2. The Morgan fingerprint density at radius 3 is 2.38 bits per heavy atom. The molecule has 0 saturated carbocycles. The van der Waals surface area contributed by atoms with Gasteiger partial charge in [-0.3, -0.25) is 4.79 Å². The molecule has 7 heteroatoms. The maximum Gasteiger partial charge on any atom is 0.285 e. The highest BCUT2D eigenvalue weighted by molar-refractivity contribution is 7.90. The van der Waals surface area contributed by atoms with E-state index in [9.17, 15) is 13.2 Å². The first kappa shape index (κ1) is 18.1. The van der Waals surface area contributed by atoms with Crippen molar-refractivity contribution in [2.45, 2.75) is 25.7 Å². The number of nitrogens with one attached hydrogen (secondary N) is 1. The molecule has 1 N–H and O–H groups in total. The van der Waals surface area contributed by atoms with Crippen LogP contribution in [0.25, 0.3) is 0 Å². The van der Waals surface area contributed by atoms with E-state index < -0.39 is 10.0 Å². The lowest BCUT2D eigenvalue weighted by Crippen LogP contribution is -2.35. The number of hydrogen-bond acceptors (Lipinski definition) is 4. The van der Waals surface area contributed by atoms with Gasteiger partial charge in [0.1, 0.15) is 4.90 Å². The van der Waals surface area contributed by atoms with E-state index in [-0.39, 0.29) is 23.2 Å². The molecule has 0 atom stereocenters. The van der Waals surface area contributed by atoms with E-state index in [0.717, 1.165) is 22.4 Å². The van der Waals surface area contributed by atoms with Crippen molar-refractivity contribution in [3.63, 3.8) is 0 Å². The zero-order chi connectivity index (χ0) is 19.1. The molecule has 136 valence electrons. The number of fused-ring (bicyclic) bond motifs is 1. The normalized spacial score (nSPS) is 14.5. The van der Waals surface area contributed by atoms with Crippen LogP contribution in [0.3, 0.4) is 0 Å². The first-order valence-corrected chi connectivity index (χ1v) is 9.66. The minimum Gasteiger partial charge on any atom is -0.349 e.